The van der Waals surface area contributed by atoms with Crippen molar-refractivity contribution in [2.45, 2.75) is 50.3 Å². The second-order valence-corrected chi connectivity index (χ2v) is 9.22. The van der Waals surface area contributed by atoms with Crippen molar-refractivity contribution < 1.29 is 8.42 Å². The second kappa shape index (κ2) is 7.22. The summed E-state index contributed by atoms with van der Waals surface area (Å²) in [4.78, 5) is 1.13. The van der Waals surface area contributed by atoms with Crippen molar-refractivity contribution in [1.82, 2.24) is 9.62 Å². The number of nitrogens with one attached hydrogen (secondary N) is 1. The smallest absolute Gasteiger partial charge is 0.252 e. The summed E-state index contributed by atoms with van der Waals surface area (Å²) in [7, 11) is -3.32. The third-order valence-corrected chi connectivity index (χ3v) is 7.65. The molecular formula is C15H26N2O2S2. The first-order valence-electron chi connectivity index (χ1n) is 7.76. The molecule has 0 spiro atoms. The second-order valence-electron chi connectivity index (χ2n) is 5.93. The molecule has 2 heterocycles. The van der Waals surface area contributed by atoms with Crippen LogP contribution in [0.2, 0.25) is 0 Å². The van der Waals surface area contributed by atoms with Crippen LogP contribution in [0.25, 0.3) is 0 Å². The summed E-state index contributed by atoms with van der Waals surface area (Å²) in [5.74, 6) is 0.448. The zero-order valence-electron chi connectivity index (χ0n) is 13.1. The van der Waals surface area contributed by atoms with E-state index in [1.54, 1.807) is 10.4 Å². The van der Waals surface area contributed by atoms with E-state index in [1.807, 2.05) is 13.0 Å². The van der Waals surface area contributed by atoms with E-state index in [2.05, 4.69) is 19.2 Å². The lowest BCUT2D eigenvalue weighted by molar-refractivity contribution is 0.218. The van der Waals surface area contributed by atoms with Gasteiger partial charge < -0.3 is 5.32 Å². The molecule has 1 aliphatic heterocycles. The van der Waals surface area contributed by atoms with Crippen LogP contribution in [0.5, 0.6) is 0 Å². The molecule has 0 aromatic carbocycles. The van der Waals surface area contributed by atoms with Crippen LogP contribution in [0.1, 0.15) is 38.5 Å². The maximum absolute atomic E-state index is 12.8. The molecule has 1 N–H and O–H groups in total. The predicted molar refractivity (Wildman–Crippen MR) is 88.3 cm³/mol. The van der Waals surface area contributed by atoms with E-state index < -0.39 is 10.0 Å². The molecular weight excluding hydrogens is 304 g/mol. The molecule has 0 radical (unpaired) electrons. The zero-order valence-corrected chi connectivity index (χ0v) is 14.8. The van der Waals surface area contributed by atoms with Crippen molar-refractivity contribution in [3.63, 3.8) is 0 Å². The van der Waals surface area contributed by atoms with Gasteiger partial charge in [0.2, 0.25) is 0 Å². The fourth-order valence-electron chi connectivity index (χ4n) is 2.72. The van der Waals surface area contributed by atoms with E-state index in [1.165, 1.54) is 11.3 Å². The van der Waals surface area contributed by atoms with Crippen LogP contribution in [0.4, 0.5) is 0 Å². The van der Waals surface area contributed by atoms with Gasteiger partial charge in [0.15, 0.2) is 0 Å². The molecule has 1 aromatic rings. The summed E-state index contributed by atoms with van der Waals surface area (Å²) in [5.41, 5.74) is 0. The van der Waals surface area contributed by atoms with Gasteiger partial charge in [0.05, 0.1) is 0 Å². The molecule has 6 heteroatoms. The van der Waals surface area contributed by atoms with Crippen LogP contribution in [0, 0.1) is 5.92 Å². The van der Waals surface area contributed by atoms with Gasteiger partial charge in [-0.2, -0.15) is 4.31 Å². The minimum absolute atomic E-state index is 0.110. The standard InChI is InChI=1S/C15H26N2O2S2/c1-4-16-10-9-14-7-8-15(20-14)21(18,19)17-11-12(2)5-6-13(17)3/h7-8,12-13,16H,4-6,9-11H2,1-3H3. The number of sulfonamides is 1. The van der Waals surface area contributed by atoms with Crippen molar-refractivity contribution in [3.05, 3.63) is 17.0 Å². The molecule has 0 saturated carbocycles. The van der Waals surface area contributed by atoms with Crippen molar-refractivity contribution >= 4 is 21.4 Å². The topological polar surface area (TPSA) is 49.4 Å². The van der Waals surface area contributed by atoms with Crippen LogP contribution < -0.4 is 5.32 Å². The number of thiophene rings is 1. The monoisotopic (exact) mass is 330 g/mol. The van der Waals surface area contributed by atoms with Gasteiger partial charge in [0, 0.05) is 17.5 Å². The normalized spacial score (nSPS) is 24.3. The Hall–Kier alpha value is -0.430. The maximum atomic E-state index is 12.8. The largest absolute Gasteiger partial charge is 0.317 e. The summed E-state index contributed by atoms with van der Waals surface area (Å²) >= 11 is 1.42. The van der Waals surface area contributed by atoms with Crippen molar-refractivity contribution in [2.75, 3.05) is 19.6 Å². The molecule has 1 aliphatic rings. The molecule has 1 fully saturated rings. The highest BCUT2D eigenvalue weighted by Crippen LogP contribution is 2.31. The van der Waals surface area contributed by atoms with E-state index in [-0.39, 0.29) is 6.04 Å². The third kappa shape index (κ3) is 4.06. The number of nitrogens with zero attached hydrogens (tertiary/aromatic N) is 1. The van der Waals surface area contributed by atoms with Gasteiger partial charge >= 0.3 is 0 Å². The molecule has 21 heavy (non-hydrogen) atoms. The van der Waals surface area contributed by atoms with E-state index in [4.69, 9.17) is 0 Å². The molecule has 0 bridgehead atoms. The molecule has 2 atom stereocenters. The lowest BCUT2D eigenvalue weighted by Crippen LogP contribution is -2.44. The number of piperidine rings is 1. The van der Waals surface area contributed by atoms with Gasteiger partial charge in [-0.1, -0.05) is 13.8 Å². The number of rotatable bonds is 6. The van der Waals surface area contributed by atoms with E-state index >= 15 is 0 Å². The minimum Gasteiger partial charge on any atom is -0.317 e. The summed E-state index contributed by atoms with van der Waals surface area (Å²) in [6, 6.07) is 3.83. The van der Waals surface area contributed by atoms with Crippen molar-refractivity contribution in [3.8, 4) is 0 Å². The first-order valence-corrected chi connectivity index (χ1v) is 10.0. The number of hydrogen-bond donors (Lipinski definition) is 1. The van der Waals surface area contributed by atoms with Crippen LogP contribution in [-0.4, -0.2) is 38.4 Å². The van der Waals surface area contributed by atoms with E-state index in [0.29, 0.717) is 16.7 Å². The number of hydrogen-bond acceptors (Lipinski definition) is 4. The third-order valence-electron chi connectivity index (χ3n) is 4.06. The highest BCUT2D eigenvalue weighted by molar-refractivity contribution is 7.91. The van der Waals surface area contributed by atoms with Crippen LogP contribution in [0.15, 0.2) is 16.3 Å². The fourth-order valence-corrected chi connectivity index (χ4v) is 5.98. The summed E-state index contributed by atoms with van der Waals surface area (Å²) in [6.45, 7) is 8.71. The van der Waals surface area contributed by atoms with Gasteiger partial charge in [0.25, 0.3) is 10.0 Å². The predicted octanol–water partition coefficient (Wildman–Crippen LogP) is 2.71. The average molecular weight is 331 g/mol. The molecule has 0 aliphatic carbocycles. The fraction of sp³-hybridized carbons (Fsp3) is 0.733. The summed E-state index contributed by atoms with van der Waals surface area (Å²) in [5, 5.41) is 3.27. The molecule has 0 amide bonds. The summed E-state index contributed by atoms with van der Waals surface area (Å²) in [6.07, 6.45) is 2.96. The lowest BCUT2D eigenvalue weighted by atomic mass is 9.97. The molecule has 2 unspecified atom stereocenters. The van der Waals surface area contributed by atoms with Crippen LogP contribution in [-0.2, 0) is 16.4 Å². The van der Waals surface area contributed by atoms with E-state index in [9.17, 15) is 8.42 Å². The van der Waals surface area contributed by atoms with Gasteiger partial charge in [0.1, 0.15) is 4.21 Å². The van der Waals surface area contributed by atoms with Crippen LogP contribution >= 0.6 is 11.3 Å². The van der Waals surface area contributed by atoms with Gasteiger partial charge in [-0.3, -0.25) is 0 Å². The number of likely N-dealkylation sites (N-methyl/N-ethyl adjacent to an activating group) is 1. The molecule has 1 saturated heterocycles. The zero-order chi connectivity index (χ0) is 15.5. The highest BCUT2D eigenvalue weighted by Gasteiger charge is 2.34. The quantitative estimate of drug-likeness (QED) is 0.816. The SMILES string of the molecule is CCNCCc1ccc(S(=O)(=O)N2CC(C)CCC2C)s1. The molecule has 4 nitrogen and oxygen atoms in total. The van der Waals surface area contributed by atoms with Gasteiger partial charge in [-0.25, -0.2) is 8.42 Å². The first-order chi connectivity index (χ1) is 9.95. The Morgan fingerprint density at radius 1 is 1.33 bits per heavy atom. The molecule has 1 aromatic heterocycles. The Bertz CT molecular complexity index is 554. The Morgan fingerprint density at radius 3 is 2.81 bits per heavy atom. The van der Waals surface area contributed by atoms with Crippen LogP contribution in [0.3, 0.4) is 0 Å². The van der Waals surface area contributed by atoms with Crippen molar-refractivity contribution in [1.29, 1.82) is 0 Å². The van der Waals surface area contributed by atoms with Crippen molar-refractivity contribution in [2.24, 2.45) is 5.92 Å². The minimum atomic E-state index is -3.32. The molecule has 120 valence electrons. The molecule has 2 rings (SSSR count). The average Bonchev–Trinajstić information content (AvgIpc) is 2.91. The van der Waals surface area contributed by atoms with Gasteiger partial charge in [-0.05, 0) is 57.3 Å². The Kier molecular flexibility index (Phi) is 5.82. The maximum Gasteiger partial charge on any atom is 0.252 e. The highest BCUT2D eigenvalue weighted by atomic mass is 32.2. The lowest BCUT2D eigenvalue weighted by Gasteiger charge is -2.35. The Labute approximate surface area is 132 Å². The Balaban J connectivity index is 2.11. The van der Waals surface area contributed by atoms with E-state index in [0.717, 1.165) is 37.2 Å². The Morgan fingerprint density at radius 2 is 2.10 bits per heavy atom. The van der Waals surface area contributed by atoms with Gasteiger partial charge in [-0.15, -0.1) is 11.3 Å². The summed E-state index contributed by atoms with van der Waals surface area (Å²) < 4.78 is 27.8. The first kappa shape index (κ1) is 16.9.